The van der Waals surface area contributed by atoms with Gasteiger partial charge in [-0.05, 0) is 0 Å². The van der Waals surface area contributed by atoms with Gasteiger partial charge >= 0.3 is 29.9 Å². The van der Waals surface area contributed by atoms with E-state index in [0.717, 1.165) is 0 Å². The van der Waals surface area contributed by atoms with Crippen molar-refractivity contribution in [1.29, 1.82) is 0 Å². The van der Waals surface area contributed by atoms with Gasteiger partial charge in [-0.15, -0.1) is 0 Å². The van der Waals surface area contributed by atoms with Gasteiger partial charge in [-0.3, -0.25) is 0 Å². The maximum atomic E-state index is 12.8. The van der Waals surface area contributed by atoms with Gasteiger partial charge in [0.15, 0.2) is 0 Å². The highest BCUT2D eigenvalue weighted by Crippen LogP contribution is 2.61. The molecule has 0 atom stereocenters. The third-order valence-corrected chi connectivity index (χ3v) is 2.61. The molecule has 0 aromatic rings. The van der Waals surface area contributed by atoms with Gasteiger partial charge in [0, 0.05) is 0 Å². The Bertz CT molecular complexity index is 329. The molecule has 0 amide bonds. The molecular formula is C6Cl3F11. The Labute approximate surface area is 117 Å². The first-order valence-electron chi connectivity index (χ1n) is 3.90. The van der Waals surface area contributed by atoms with E-state index in [1.807, 2.05) is 0 Å². The quantitative estimate of drug-likeness (QED) is 0.446. The zero-order valence-electron chi connectivity index (χ0n) is 8.29. The lowest BCUT2D eigenvalue weighted by Crippen LogP contribution is -2.68. The summed E-state index contributed by atoms with van der Waals surface area (Å²) >= 11 is 12.7. The van der Waals surface area contributed by atoms with Crippen molar-refractivity contribution in [3.63, 3.8) is 0 Å². The molecule has 0 N–H and O–H groups in total. The van der Waals surface area contributed by atoms with E-state index in [-0.39, 0.29) is 0 Å². The van der Waals surface area contributed by atoms with Gasteiger partial charge in [-0.1, -0.05) is 34.8 Å². The second kappa shape index (κ2) is 4.80. The lowest BCUT2D eigenvalue weighted by molar-refractivity contribution is -0.421. The zero-order chi connectivity index (χ0) is 17.0. The van der Waals surface area contributed by atoms with E-state index in [1.165, 1.54) is 0 Å². The number of alkyl halides is 14. The summed E-state index contributed by atoms with van der Waals surface area (Å²) in [5, 5.41) is 0. The highest BCUT2D eigenvalue weighted by molar-refractivity contribution is 6.68. The monoisotopic (exact) mass is 386 g/mol. The molecule has 14 heteroatoms. The molecule has 0 aliphatic carbocycles. The predicted octanol–water partition coefficient (Wildman–Crippen LogP) is 5.46. The maximum absolute atomic E-state index is 12.8. The van der Waals surface area contributed by atoms with Gasteiger partial charge in [0.25, 0.3) is 3.79 Å². The van der Waals surface area contributed by atoms with Crippen LogP contribution in [0, 0.1) is 0 Å². The molecule has 0 saturated heterocycles. The van der Waals surface area contributed by atoms with Crippen LogP contribution in [0.2, 0.25) is 0 Å². The van der Waals surface area contributed by atoms with Crippen molar-refractivity contribution in [1.82, 2.24) is 0 Å². The minimum Gasteiger partial charge on any atom is -0.195 e. The summed E-state index contributed by atoms with van der Waals surface area (Å²) < 4.78 is 131. The molecule has 0 aromatic carbocycles. The van der Waals surface area contributed by atoms with E-state index < -0.39 is 33.7 Å². The Kier molecular flexibility index (Phi) is 4.83. The van der Waals surface area contributed by atoms with Gasteiger partial charge in [-0.25, -0.2) is 0 Å². The lowest BCUT2D eigenvalue weighted by atomic mass is 9.99. The van der Waals surface area contributed by atoms with Crippen LogP contribution in [0.25, 0.3) is 0 Å². The molecule has 0 radical (unpaired) electrons. The Morgan fingerprint density at radius 2 is 0.650 bits per heavy atom. The fourth-order valence-corrected chi connectivity index (χ4v) is 1.11. The first-order chi connectivity index (χ1) is 8.25. The first-order valence-corrected chi connectivity index (χ1v) is 5.03. The summed E-state index contributed by atoms with van der Waals surface area (Å²) in [6.07, 6.45) is -7.25. The Balaban J connectivity index is 6.08. The van der Waals surface area contributed by atoms with E-state index in [9.17, 15) is 48.3 Å². The van der Waals surface area contributed by atoms with Crippen LogP contribution in [-0.4, -0.2) is 33.7 Å². The Morgan fingerprint density at radius 1 is 0.400 bits per heavy atom. The van der Waals surface area contributed by atoms with Gasteiger partial charge in [0.05, 0.1) is 0 Å². The molecule has 20 heavy (non-hydrogen) atoms. The van der Waals surface area contributed by atoms with Crippen LogP contribution in [0.4, 0.5) is 48.3 Å². The number of halogens is 14. The van der Waals surface area contributed by atoms with Crippen LogP contribution < -0.4 is 0 Å². The van der Waals surface area contributed by atoms with Crippen LogP contribution in [0.3, 0.4) is 0 Å². The van der Waals surface area contributed by atoms with Crippen molar-refractivity contribution >= 4 is 34.8 Å². The standard InChI is InChI=1S/C6Cl3F11/c7-5(8,9)3(14,15)1(10,11)2(12,13)4(16,17)6(18,19)20. The molecule has 122 valence electrons. The molecule has 0 saturated carbocycles. The molecule has 0 heterocycles. The van der Waals surface area contributed by atoms with Gasteiger partial charge < -0.3 is 0 Å². The van der Waals surface area contributed by atoms with Crippen molar-refractivity contribution < 1.29 is 48.3 Å². The van der Waals surface area contributed by atoms with Crippen LogP contribution in [-0.2, 0) is 0 Å². The molecule has 0 rings (SSSR count). The van der Waals surface area contributed by atoms with Crippen molar-refractivity contribution in [3.8, 4) is 0 Å². The number of rotatable bonds is 3. The molecule has 0 aliphatic heterocycles. The van der Waals surface area contributed by atoms with Crippen molar-refractivity contribution in [2.75, 3.05) is 0 Å². The smallest absolute Gasteiger partial charge is 0.195 e. The largest absolute Gasteiger partial charge is 0.460 e. The van der Waals surface area contributed by atoms with Crippen LogP contribution in [0.5, 0.6) is 0 Å². The number of hydrogen-bond donors (Lipinski definition) is 0. The van der Waals surface area contributed by atoms with E-state index in [4.69, 9.17) is 0 Å². The van der Waals surface area contributed by atoms with Crippen molar-refractivity contribution in [2.45, 2.75) is 33.7 Å². The average molecular weight is 387 g/mol. The van der Waals surface area contributed by atoms with E-state index in [0.29, 0.717) is 0 Å². The summed E-state index contributed by atoms with van der Waals surface area (Å²) in [6.45, 7) is 0. The summed E-state index contributed by atoms with van der Waals surface area (Å²) in [6, 6.07) is 0. The second-order valence-corrected chi connectivity index (χ2v) is 5.57. The minimum atomic E-state index is -7.58. The topological polar surface area (TPSA) is 0 Å². The summed E-state index contributed by atoms with van der Waals surface area (Å²) in [7, 11) is 0. The van der Waals surface area contributed by atoms with Crippen molar-refractivity contribution in [2.24, 2.45) is 0 Å². The molecule has 0 aliphatic rings. The van der Waals surface area contributed by atoms with E-state index in [1.54, 1.807) is 0 Å². The highest BCUT2D eigenvalue weighted by atomic mass is 35.6. The molecule has 0 unspecified atom stereocenters. The molecular weight excluding hydrogens is 387 g/mol. The first kappa shape index (κ1) is 20.1. The maximum Gasteiger partial charge on any atom is 0.460 e. The third kappa shape index (κ3) is 2.60. The van der Waals surface area contributed by atoms with Crippen molar-refractivity contribution in [3.05, 3.63) is 0 Å². The lowest BCUT2D eigenvalue weighted by Gasteiger charge is -2.39. The molecule has 0 nitrogen and oxygen atoms in total. The Hall–Kier alpha value is 0.1000. The van der Waals surface area contributed by atoms with Gasteiger partial charge in [0.2, 0.25) is 0 Å². The van der Waals surface area contributed by atoms with E-state index in [2.05, 4.69) is 34.8 Å². The Morgan fingerprint density at radius 3 is 0.850 bits per heavy atom. The van der Waals surface area contributed by atoms with Gasteiger partial charge in [0.1, 0.15) is 0 Å². The summed E-state index contributed by atoms with van der Waals surface area (Å²) in [5.41, 5.74) is 0. The fraction of sp³-hybridized carbons (Fsp3) is 1.00. The normalized spacial score (nSPS) is 16.5. The average Bonchev–Trinajstić information content (AvgIpc) is 2.12. The highest BCUT2D eigenvalue weighted by Gasteiger charge is 2.89. The molecule has 0 aromatic heterocycles. The molecule has 0 bridgehead atoms. The fourth-order valence-electron chi connectivity index (χ4n) is 0.750. The predicted molar refractivity (Wildman–Crippen MR) is 46.1 cm³/mol. The summed E-state index contributed by atoms with van der Waals surface area (Å²) in [5.74, 6) is -28.9. The van der Waals surface area contributed by atoms with Crippen LogP contribution in [0.15, 0.2) is 0 Å². The third-order valence-electron chi connectivity index (χ3n) is 1.90. The van der Waals surface area contributed by atoms with Crippen LogP contribution in [0.1, 0.15) is 0 Å². The summed E-state index contributed by atoms with van der Waals surface area (Å²) in [4.78, 5) is 0. The zero-order valence-corrected chi connectivity index (χ0v) is 10.6. The molecule has 0 fully saturated rings. The minimum absolute atomic E-state index is 4.22. The molecule has 0 spiro atoms. The number of hydrogen-bond acceptors (Lipinski definition) is 0. The van der Waals surface area contributed by atoms with Gasteiger partial charge in [-0.2, -0.15) is 48.3 Å². The van der Waals surface area contributed by atoms with Crippen LogP contribution >= 0.6 is 34.8 Å². The SMILES string of the molecule is FC(F)(F)C(F)(F)C(F)(F)C(F)(F)C(F)(F)C(Cl)(Cl)Cl. The van der Waals surface area contributed by atoms with E-state index >= 15 is 0 Å². The second-order valence-electron chi connectivity index (χ2n) is 3.29.